The van der Waals surface area contributed by atoms with E-state index in [4.69, 9.17) is 0 Å². The summed E-state index contributed by atoms with van der Waals surface area (Å²) in [6, 6.07) is 13.8. The third kappa shape index (κ3) is 3.61. The zero-order valence-electron chi connectivity index (χ0n) is 17.1. The number of thioether (sulfide) groups is 1. The van der Waals surface area contributed by atoms with Crippen LogP contribution in [0.3, 0.4) is 0 Å². The molecule has 0 spiro atoms. The van der Waals surface area contributed by atoms with Crippen molar-refractivity contribution in [2.24, 2.45) is 0 Å². The molecular formula is C24H24FN3O2S. The number of H-pyrrole nitrogens is 1. The molecule has 1 aliphatic heterocycles. The maximum absolute atomic E-state index is 13.3. The Bertz CT molecular complexity index is 1120. The maximum atomic E-state index is 13.3. The van der Waals surface area contributed by atoms with Crippen LogP contribution in [0, 0.1) is 5.82 Å². The smallest absolute Gasteiger partial charge is 0.257 e. The Morgan fingerprint density at radius 1 is 1.16 bits per heavy atom. The molecule has 1 atom stereocenters. The monoisotopic (exact) mass is 437 g/mol. The Hall–Kier alpha value is -2.80. The van der Waals surface area contributed by atoms with Gasteiger partial charge in [-0.3, -0.25) is 9.59 Å². The van der Waals surface area contributed by atoms with Crippen molar-refractivity contribution < 1.29 is 14.0 Å². The molecule has 1 aliphatic carbocycles. The number of aromatic amines is 1. The van der Waals surface area contributed by atoms with Crippen LogP contribution in [0.5, 0.6) is 0 Å². The molecule has 2 aliphatic rings. The summed E-state index contributed by atoms with van der Waals surface area (Å²) in [6.45, 7) is 0.508. The lowest BCUT2D eigenvalue weighted by atomic mass is 9.64. The molecule has 2 amide bonds. The molecule has 31 heavy (non-hydrogen) atoms. The van der Waals surface area contributed by atoms with E-state index in [1.165, 1.54) is 12.1 Å². The van der Waals surface area contributed by atoms with E-state index in [1.54, 1.807) is 22.9 Å². The van der Waals surface area contributed by atoms with Gasteiger partial charge in [0.25, 0.3) is 5.91 Å². The molecule has 1 saturated heterocycles. The van der Waals surface area contributed by atoms with Gasteiger partial charge in [0.15, 0.2) is 0 Å². The first kappa shape index (κ1) is 20.1. The van der Waals surface area contributed by atoms with E-state index < -0.39 is 6.04 Å². The number of para-hydroxylation sites is 1. The molecule has 1 unspecified atom stereocenters. The second-order valence-corrected chi connectivity index (χ2v) is 9.40. The predicted molar refractivity (Wildman–Crippen MR) is 121 cm³/mol. The van der Waals surface area contributed by atoms with E-state index in [0.29, 0.717) is 23.7 Å². The third-order valence-electron chi connectivity index (χ3n) is 6.63. The van der Waals surface area contributed by atoms with Crippen molar-refractivity contribution in [1.82, 2.24) is 15.2 Å². The zero-order chi connectivity index (χ0) is 21.4. The fraction of sp³-hybridized carbons (Fsp3) is 0.333. The maximum Gasteiger partial charge on any atom is 0.257 e. The number of halogens is 1. The molecule has 0 radical (unpaired) electrons. The molecule has 0 bridgehead atoms. The quantitative estimate of drug-likeness (QED) is 0.633. The van der Waals surface area contributed by atoms with Gasteiger partial charge in [-0.25, -0.2) is 4.39 Å². The summed E-state index contributed by atoms with van der Waals surface area (Å²) in [6.07, 6.45) is 4.76. The summed E-state index contributed by atoms with van der Waals surface area (Å²) in [5.41, 5.74) is 2.43. The second-order valence-electron chi connectivity index (χ2n) is 8.40. The third-order valence-corrected chi connectivity index (χ3v) is 7.65. The fourth-order valence-electron chi connectivity index (χ4n) is 4.61. The van der Waals surface area contributed by atoms with E-state index in [-0.39, 0.29) is 23.0 Å². The first-order valence-corrected chi connectivity index (χ1v) is 11.7. The summed E-state index contributed by atoms with van der Waals surface area (Å²) >= 11 is 1.59. The molecule has 160 valence electrons. The van der Waals surface area contributed by atoms with Crippen molar-refractivity contribution in [3.63, 3.8) is 0 Å². The second kappa shape index (κ2) is 8.04. The number of hydrogen-bond acceptors (Lipinski definition) is 3. The van der Waals surface area contributed by atoms with Gasteiger partial charge in [0, 0.05) is 34.8 Å². The lowest BCUT2D eigenvalue weighted by molar-refractivity contribution is -0.124. The van der Waals surface area contributed by atoms with Gasteiger partial charge in [-0.2, -0.15) is 0 Å². The first-order chi connectivity index (χ1) is 15.1. The summed E-state index contributed by atoms with van der Waals surface area (Å²) in [5, 5.41) is 3.97. The molecule has 7 heteroatoms. The standard InChI is InChI=1S/C24H24FN3O2S/c25-17-8-6-16(7-9-17)24(10-3-11-24)14-27-22(29)21-13-31-15-28(21)23(30)19-12-26-20-5-2-1-4-18(19)20/h1-2,4-9,12,21,26H,3,10-11,13-15H2,(H,27,29). The number of nitrogens with one attached hydrogen (secondary N) is 2. The Morgan fingerprint density at radius 2 is 1.94 bits per heavy atom. The van der Waals surface area contributed by atoms with Gasteiger partial charge in [-0.05, 0) is 36.6 Å². The molecular weight excluding hydrogens is 413 g/mol. The van der Waals surface area contributed by atoms with E-state index >= 15 is 0 Å². The van der Waals surface area contributed by atoms with Gasteiger partial charge in [0.1, 0.15) is 11.9 Å². The van der Waals surface area contributed by atoms with Gasteiger partial charge in [0.05, 0.1) is 11.4 Å². The Kier molecular flexibility index (Phi) is 5.22. The van der Waals surface area contributed by atoms with Crippen LogP contribution in [0.15, 0.2) is 54.7 Å². The van der Waals surface area contributed by atoms with Crippen LogP contribution in [0.4, 0.5) is 4.39 Å². The van der Waals surface area contributed by atoms with Crippen molar-refractivity contribution >= 4 is 34.5 Å². The largest absolute Gasteiger partial charge is 0.360 e. The molecule has 5 nitrogen and oxygen atoms in total. The minimum absolute atomic E-state index is 0.119. The molecule has 1 saturated carbocycles. The molecule has 2 N–H and O–H groups in total. The number of nitrogens with zero attached hydrogens (tertiary/aromatic N) is 1. The van der Waals surface area contributed by atoms with E-state index in [2.05, 4.69) is 10.3 Å². The molecule has 2 heterocycles. The lowest BCUT2D eigenvalue weighted by Crippen LogP contribution is -2.52. The number of amides is 2. The molecule has 5 rings (SSSR count). The van der Waals surface area contributed by atoms with Crippen LogP contribution in [0.1, 0.15) is 35.2 Å². The minimum atomic E-state index is -0.489. The Morgan fingerprint density at radius 3 is 2.68 bits per heavy atom. The number of carbonyl (C=O) groups excluding carboxylic acids is 2. The van der Waals surface area contributed by atoms with Crippen LogP contribution < -0.4 is 5.32 Å². The van der Waals surface area contributed by atoms with Gasteiger partial charge in [-0.1, -0.05) is 36.8 Å². The van der Waals surface area contributed by atoms with Crippen molar-refractivity contribution in [3.8, 4) is 0 Å². The molecule has 2 fully saturated rings. The average molecular weight is 438 g/mol. The highest BCUT2D eigenvalue weighted by atomic mass is 32.2. The number of benzene rings is 2. The number of rotatable bonds is 5. The van der Waals surface area contributed by atoms with E-state index in [9.17, 15) is 14.0 Å². The van der Waals surface area contributed by atoms with Gasteiger partial charge in [-0.15, -0.1) is 11.8 Å². The topological polar surface area (TPSA) is 65.2 Å². The molecule has 3 aromatic rings. The fourth-order valence-corrected chi connectivity index (χ4v) is 5.77. The van der Waals surface area contributed by atoms with Gasteiger partial charge in [0.2, 0.25) is 5.91 Å². The van der Waals surface area contributed by atoms with Crippen LogP contribution >= 0.6 is 11.8 Å². The predicted octanol–water partition coefficient (Wildman–Crippen LogP) is 4.06. The van der Waals surface area contributed by atoms with Crippen LogP contribution in [-0.2, 0) is 10.2 Å². The SMILES string of the molecule is O=C(NCC1(c2ccc(F)cc2)CCC1)C1CSCN1C(=O)c1c[nH]c2ccccc12. The van der Waals surface area contributed by atoms with Crippen LogP contribution in [0.25, 0.3) is 10.9 Å². The van der Waals surface area contributed by atoms with Crippen molar-refractivity contribution in [2.45, 2.75) is 30.7 Å². The van der Waals surface area contributed by atoms with Gasteiger partial charge >= 0.3 is 0 Å². The Balaban J connectivity index is 1.30. The normalized spacial score (nSPS) is 19.9. The minimum Gasteiger partial charge on any atom is -0.360 e. The highest BCUT2D eigenvalue weighted by Gasteiger charge is 2.41. The highest BCUT2D eigenvalue weighted by Crippen LogP contribution is 2.43. The number of fused-ring (bicyclic) bond motifs is 1. The van der Waals surface area contributed by atoms with Crippen LogP contribution in [-0.4, -0.2) is 45.9 Å². The zero-order valence-corrected chi connectivity index (χ0v) is 17.9. The van der Waals surface area contributed by atoms with E-state index in [0.717, 1.165) is 35.7 Å². The lowest BCUT2D eigenvalue weighted by Gasteiger charge is -2.43. The van der Waals surface area contributed by atoms with E-state index in [1.807, 2.05) is 36.4 Å². The van der Waals surface area contributed by atoms with Crippen molar-refractivity contribution in [1.29, 1.82) is 0 Å². The van der Waals surface area contributed by atoms with Crippen molar-refractivity contribution in [3.05, 3.63) is 71.7 Å². The number of carbonyl (C=O) groups is 2. The van der Waals surface area contributed by atoms with Crippen LogP contribution in [0.2, 0.25) is 0 Å². The molecule has 1 aromatic heterocycles. The summed E-state index contributed by atoms with van der Waals surface area (Å²) in [5.74, 6) is 0.589. The van der Waals surface area contributed by atoms with Gasteiger partial charge < -0.3 is 15.2 Å². The number of aromatic nitrogens is 1. The average Bonchev–Trinajstić information content (AvgIpc) is 3.41. The van der Waals surface area contributed by atoms with Crippen molar-refractivity contribution in [2.75, 3.05) is 18.2 Å². The summed E-state index contributed by atoms with van der Waals surface area (Å²) in [4.78, 5) is 31.1. The first-order valence-electron chi connectivity index (χ1n) is 10.6. The number of hydrogen-bond donors (Lipinski definition) is 2. The molecule has 2 aromatic carbocycles. The highest BCUT2D eigenvalue weighted by molar-refractivity contribution is 7.99. The summed E-state index contributed by atoms with van der Waals surface area (Å²) in [7, 11) is 0. The summed E-state index contributed by atoms with van der Waals surface area (Å²) < 4.78 is 13.3. The Labute approximate surface area is 184 Å².